The van der Waals surface area contributed by atoms with Crippen molar-refractivity contribution in [2.75, 3.05) is 17.7 Å². The lowest BCUT2D eigenvalue weighted by atomic mass is 10.1. The zero-order chi connectivity index (χ0) is 17.9. The van der Waals surface area contributed by atoms with Crippen LogP contribution in [-0.4, -0.2) is 29.2 Å². The van der Waals surface area contributed by atoms with Crippen LogP contribution < -0.4 is 15.4 Å². The summed E-state index contributed by atoms with van der Waals surface area (Å²) in [5.41, 5.74) is 0.0825. The maximum atomic E-state index is 12.9. The topological polar surface area (TPSA) is 101 Å². The number of benzene rings is 1. The third kappa shape index (κ3) is 4.13. The number of halogens is 3. The molecule has 2 aromatic rings. The zero-order valence-electron chi connectivity index (χ0n) is 12.0. The number of hydrogen-bond acceptors (Lipinski definition) is 5. The Balaban J connectivity index is 2.29. The van der Waals surface area contributed by atoms with Gasteiger partial charge in [-0.05, 0) is 12.1 Å². The molecule has 0 aliphatic rings. The lowest BCUT2D eigenvalue weighted by Gasteiger charge is -2.12. The quantitative estimate of drug-likeness (QED) is 0.774. The Labute approximate surface area is 137 Å². The van der Waals surface area contributed by atoms with Gasteiger partial charge in [0, 0.05) is 11.8 Å². The number of carboxylic acid groups (broad SMARTS) is 1. The highest BCUT2D eigenvalue weighted by molar-refractivity contribution is 7.12. The second-order valence-electron chi connectivity index (χ2n) is 4.36. The fourth-order valence-electron chi connectivity index (χ4n) is 1.74. The lowest BCUT2D eigenvalue weighted by molar-refractivity contribution is -0.137. The molecule has 0 bridgehead atoms. The van der Waals surface area contributed by atoms with Gasteiger partial charge in [0.05, 0.1) is 18.2 Å². The number of carbonyl (C=O) groups is 2. The van der Waals surface area contributed by atoms with Crippen LogP contribution >= 0.6 is 11.3 Å². The maximum absolute atomic E-state index is 12.9. The average molecular weight is 361 g/mol. The zero-order valence-corrected chi connectivity index (χ0v) is 12.8. The van der Waals surface area contributed by atoms with Crippen LogP contribution in [-0.2, 0) is 6.18 Å². The minimum absolute atomic E-state index is 0.0891. The predicted molar refractivity (Wildman–Crippen MR) is 79.7 cm³/mol. The van der Waals surface area contributed by atoms with Gasteiger partial charge in [-0.1, -0.05) is 0 Å². The van der Waals surface area contributed by atoms with Crippen molar-refractivity contribution in [1.29, 1.82) is 0 Å². The molecule has 0 fully saturated rings. The first-order valence-electron chi connectivity index (χ1n) is 6.21. The summed E-state index contributed by atoms with van der Waals surface area (Å²) in [5, 5.41) is 12.8. The van der Waals surface area contributed by atoms with Crippen LogP contribution in [0.15, 0.2) is 23.7 Å². The number of nitrogens with one attached hydrogen (secondary N) is 2. The van der Waals surface area contributed by atoms with Crippen molar-refractivity contribution < 1.29 is 32.6 Å². The first kappa shape index (κ1) is 17.5. The van der Waals surface area contributed by atoms with Gasteiger partial charge in [0.1, 0.15) is 10.6 Å². The first-order valence-corrected chi connectivity index (χ1v) is 7.09. The van der Waals surface area contributed by atoms with E-state index in [2.05, 4.69) is 10.3 Å². The number of anilines is 2. The second kappa shape index (κ2) is 6.74. The summed E-state index contributed by atoms with van der Waals surface area (Å²) in [6, 6.07) is 2.74. The van der Waals surface area contributed by atoms with Gasteiger partial charge in [0.2, 0.25) is 0 Å². The maximum Gasteiger partial charge on any atom is 0.416 e. The molecule has 1 aromatic heterocycles. The highest BCUT2D eigenvalue weighted by Gasteiger charge is 2.31. The van der Waals surface area contributed by atoms with Crippen molar-refractivity contribution in [2.45, 2.75) is 6.18 Å². The summed E-state index contributed by atoms with van der Waals surface area (Å²) in [5.74, 6) is -1.10. The number of ether oxygens (including phenoxy) is 1. The van der Waals surface area contributed by atoms with E-state index in [1.807, 2.05) is 5.32 Å². The number of carbonyl (C=O) groups excluding carboxylic acids is 1. The smallest absolute Gasteiger partial charge is 0.416 e. The highest BCUT2D eigenvalue weighted by Crippen LogP contribution is 2.34. The number of thiazole rings is 1. The molecule has 0 spiro atoms. The van der Waals surface area contributed by atoms with E-state index in [4.69, 9.17) is 9.84 Å². The number of rotatable bonds is 4. The molecule has 0 unspecified atom stereocenters. The largest absolute Gasteiger partial charge is 0.497 e. The summed E-state index contributed by atoms with van der Waals surface area (Å²) in [7, 11) is 1.19. The van der Waals surface area contributed by atoms with Crippen LogP contribution in [0, 0.1) is 0 Å². The Bertz CT molecular complexity index is 776. The summed E-state index contributed by atoms with van der Waals surface area (Å²) in [4.78, 5) is 26.3. The summed E-state index contributed by atoms with van der Waals surface area (Å²) in [6.45, 7) is 0. The Morgan fingerprint density at radius 3 is 2.54 bits per heavy atom. The van der Waals surface area contributed by atoms with Gasteiger partial charge >= 0.3 is 12.3 Å². The van der Waals surface area contributed by atoms with Crippen LogP contribution in [0.5, 0.6) is 5.75 Å². The number of alkyl halides is 3. The average Bonchev–Trinajstić information content (AvgIpc) is 2.93. The van der Waals surface area contributed by atoms with E-state index in [1.165, 1.54) is 18.7 Å². The number of methoxy groups -OCH3 is 1. The standard InChI is InChI=1S/C13H10F3N3O4S/c1-23-8-3-6(13(14,15)16)2-7(4-8)18-11(20)9-10(17-5-24-9)19-12(21)22/h2-5,19H,1H3,(H,18,20)(H,21,22). The van der Waals surface area contributed by atoms with Crippen LogP contribution in [0.25, 0.3) is 0 Å². The van der Waals surface area contributed by atoms with Crippen molar-refractivity contribution in [2.24, 2.45) is 0 Å². The van der Waals surface area contributed by atoms with E-state index in [9.17, 15) is 22.8 Å². The third-order valence-electron chi connectivity index (χ3n) is 2.73. The van der Waals surface area contributed by atoms with Crippen LogP contribution in [0.4, 0.5) is 29.5 Å². The van der Waals surface area contributed by atoms with Gasteiger partial charge in [-0.25, -0.2) is 9.78 Å². The van der Waals surface area contributed by atoms with Crippen molar-refractivity contribution in [1.82, 2.24) is 4.98 Å². The van der Waals surface area contributed by atoms with Crippen molar-refractivity contribution >= 4 is 34.8 Å². The first-order chi connectivity index (χ1) is 11.2. The lowest BCUT2D eigenvalue weighted by Crippen LogP contribution is -2.16. The minimum Gasteiger partial charge on any atom is -0.497 e. The van der Waals surface area contributed by atoms with Crippen molar-refractivity contribution in [3.63, 3.8) is 0 Å². The molecule has 0 aliphatic heterocycles. The van der Waals surface area contributed by atoms with Gasteiger partial charge in [0.15, 0.2) is 5.82 Å². The molecule has 1 heterocycles. The highest BCUT2D eigenvalue weighted by atomic mass is 32.1. The number of nitrogens with zero attached hydrogens (tertiary/aromatic N) is 1. The fourth-order valence-corrected chi connectivity index (χ4v) is 2.38. The molecule has 24 heavy (non-hydrogen) atoms. The molecule has 0 aliphatic carbocycles. The molecule has 0 atom stereocenters. The molecule has 128 valence electrons. The van der Waals surface area contributed by atoms with Gasteiger partial charge in [-0.15, -0.1) is 11.3 Å². The third-order valence-corrected chi connectivity index (χ3v) is 3.55. The van der Waals surface area contributed by atoms with E-state index in [1.54, 1.807) is 0 Å². The molecule has 1 aromatic carbocycles. The van der Waals surface area contributed by atoms with Crippen LogP contribution in [0.2, 0.25) is 0 Å². The number of aromatic nitrogens is 1. The molecule has 3 N–H and O–H groups in total. The second-order valence-corrected chi connectivity index (χ2v) is 5.22. The van der Waals surface area contributed by atoms with E-state index < -0.39 is 23.7 Å². The number of amides is 2. The van der Waals surface area contributed by atoms with E-state index >= 15 is 0 Å². The van der Waals surface area contributed by atoms with Gasteiger partial charge in [-0.3, -0.25) is 10.1 Å². The predicted octanol–water partition coefficient (Wildman–Crippen LogP) is 3.51. The monoisotopic (exact) mass is 361 g/mol. The van der Waals surface area contributed by atoms with Crippen molar-refractivity contribution in [3.8, 4) is 5.75 Å². The van der Waals surface area contributed by atoms with E-state index in [-0.39, 0.29) is 22.1 Å². The Kier molecular flexibility index (Phi) is 4.93. The molecular weight excluding hydrogens is 351 g/mol. The molecule has 2 rings (SSSR count). The minimum atomic E-state index is -4.62. The molecular formula is C13H10F3N3O4S. The fraction of sp³-hybridized carbons (Fsp3) is 0.154. The Morgan fingerprint density at radius 1 is 1.25 bits per heavy atom. The Hall–Kier alpha value is -2.82. The normalized spacial score (nSPS) is 11.0. The SMILES string of the molecule is COc1cc(NC(=O)c2scnc2NC(=O)O)cc(C(F)(F)F)c1. The summed E-state index contributed by atoms with van der Waals surface area (Å²) < 4.78 is 43.3. The molecule has 2 amide bonds. The molecule has 0 saturated carbocycles. The van der Waals surface area contributed by atoms with Gasteiger partial charge in [-0.2, -0.15) is 13.2 Å². The summed E-state index contributed by atoms with van der Waals surface area (Å²) in [6.07, 6.45) is -6.04. The summed E-state index contributed by atoms with van der Waals surface area (Å²) >= 11 is 0.836. The van der Waals surface area contributed by atoms with Crippen molar-refractivity contribution in [3.05, 3.63) is 34.2 Å². The molecule has 0 saturated heterocycles. The van der Waals surface area contributed by atoms with Crippen LogP contribution in [0.1, 0.15) is 15.2 Å². The van der Waals surface area contributed by atoms with Gasteiger partial charge < -0.3 is 15.2 Å². The van der Waals surface area contributed by atoms with E-state index in [0.717, 1.165) is 23.5 Å². The molecule has 11 heteroatoms. The van der Waals surface area contributed by atoms with Crippen LogP contribution in [0.3, 0.4) is 0 Å². The van der Waals surface area contributed by atoms with E-state index in [0.29, 0.717) is 0 Å². The Morgan fingerprint density at radius 2 is 1.96 bits per heavy atom. The van der Waals surface area contributed by atoms with Gasteiger partial charge in [0.25, 0.3) is 5.91 Å². The molecule has 7 nitrogen and oxygen atoms in total. The molecule has 0 radical (unpaired) electrons. The number of hydrogen-bond donors (Lipinski definition) is 3.